The molecule has 130 valence electrons. The van der Waals surface area contributed by atoms with Crippen molar-refractivity contribution in [2.24, 2.45) is 0 Å². The number of rotatable bonds is 5. The maximum absolute atomic E-state index is 13.7. The Morgan fingerprint density at radius 2 is 2.04 bits per heavy atom. The number of amides is 1. The molecule has 9 heteroatoms. The fourth-order valence-electron chi connectivity index (χ4n) is 2.36. The number of hydrogen-bond donors (Lipinski definition) is 1. The second-order valence-electron chi connectivity index (χ2n) is 5.23. The fourth-order valence-corrected chi connectivity index (χ4v) is 2.78. The van der Waals surface area contributed by atoms with Crippen LogP contribution in [0.1, 0.15) is 23.0 Å². The average Bonchev–Trinajstić information content (AvgIpc) is 3.12. The molecule has 0 saturated carbocycles. The molecule has 2 aromatic heterocycles. The van der Waals surface area contributed by atoms with E-state index in [0.29, 0.717) is 12.1 Å². The Hall–Kier alpha value is -2.38. The van der Waals surface area contributed by atoms with Crippen molar-refractivity contribution in [3.8, 4) is 0 Å². The molecule has 0 bridgehead atoms. The quantitative estimate of drug-likeness (QED) is 0.729. The normalized spacial score (nSPS) is 10.9. The fraction of sp³-hybridized carbons (Fsp3) is 0.188. The summed E-state index contributed by atoms with van der Waals surface area (Å²) in [4.78, 5) is 12.4. The second kappa shape index (κ2) is 7.25. The zero-order valence-electron chi connectivity index (χ0n) is 13.2. The molecule has 1 amide bonds. The molecular weight excluding hydrogens is 368 g/mol. The Morgan fingerprint density at radius 1 is 1.28 bits per heavy atom. The van der Waals surface area contributed by atoms with E-state index in [-0.39, 0.29) is 33.9 Å². The van der Waals surface area contributed by atoms with Gasteiger partial charge in [-0.1, -0.05) is 41.4 Å². The first-order valence-corrected chi connectivity index (χ1v) is 8.24. The standard InChI is InChI=1S/C16H14Cl2FN5O/c1-2-24-14(11(17)7-20-24)16(25)21-15-12(18)9-23(22-15)8-10-5-3-4-6-13(10)19/h3-7,9H,2,8H2,1H3,(H,21,22,25). The average molecular weight is 382 g/mol. The largest absolute Gasteiger partial charge is 0.302 e. The SMILES string of the molecule is CCn1ncc(Cl)c1C(=O)Nc1nn(Cc2ccccc2F)cc1Cl. The number of carbonyl (C=O) groups excluding carboxylic acids is 1. The Balaban J connectivity index is 1.80. The number of nitrogens with zero attached hydrogens (tertiary/aromatic N) is 4. The van der Waals surface area contributed by atoms with Crippen LogP contribution < -0.4 is 5.32 Å². The van der Waals surface area contributed by atoms with E-state index >= 15 is 0 Å². The summed E-state index contributed by atoms with van der Waals surface area (Å²) in [6, 6.07) is 6.38. The molecule has 0 atom stereocenters. The van der Waals surface area contributed by atoms with Gasteiger partial charge in [-0.25, -0.2) is 4.39 Å². The van der Waals surface area contributed by atoms with Crippen molar-refractivity contribution < 1.29 is 9.18 Å². The smallest absolute Gasteiger partial charge is 0.276 e. The summed E-state index contributed by atoms with van der Waals surface area (Å²) in [5.41, 5.74) is 0.690. The second-order valence-corrected chi connectivity index (χ2v) is 6.04. The number of anilines is 1. The lowest BCUT2D eigenvalue weighted by Crippen LogP contribution is -2.18. The molecule has 0 spiro atoms. The van der Waals surface area contributed by atoms with Crippen molar-refractivity contribution in [3.05, 3.63) is 63.8 Å². The van der Waals surface area contributed by atoms with E-state index in [1.165, 1.54) is 27.8 Å². The van der Waals surface area contributed by atoms with Crippen LogP contribution in [0.25, 0.3) is 0 Å². The van der Waals surface area contributed by atoms with Crippen LogP contribution in [0, 0.1) is 5.82 Å². The van der Waals surface area contributed by atoms with Crippen molar-refractivity contribution in [1.29, 1.82) is 0 Å². The third-order valence-corrected chi connectivity index (χ3v) is 4.10. The lowest BCUT2D eigenvalue weighted by molar-refractivity contribution is 0.101. The van der Waals surface area contributed by atoms with Crippen molar-refractivity contribution in [3.63, 3.8) is 0 Å². The molecule has 3 rings (SSSR count). The van der Waals surface area contributed by atoms with Gasteiger partial charge in [0.1, 0.15) is 16.5 Å². The third-order valence-electron chi connectivity index (χ3n) is 3.55. The van der Waals surface area contributed by atoms with Gasteiger partial charge in [-0.3, -0.25) is 14.2 Å². The van der Waals surface area contributed by atoms with Crippen LogP contribution in [-0.2, 0) is 13.1 Å². The molecule has 0 saturated heterocycles. The molecule has 0 unspecified atom stereocenters. The van der Waals surface area contributed by atoms with Gasteiger partial charge in [0.15, 0.2) is 5.82 Å². The molecule has 2 heterocycles. The molecule has 0 aliphatic carbocycles. The molecule has 0 radical (unpaired) electrons. The van der Waals surface area contributed by atoms with Crippen molar-refractivity contribution in [2.45, 2.75) is 20.0 Å². The number of hydrogen-bond acceptors (Lipinski definition) is 3. The minimum Gasteiger partial charge on any atom is -0.302 e. The first-order chi connectivity index (χ1) is 12.0. The lowest BCUT2D eigenvalue weighted by atomic mass is 10.2. The number of benzene rings is 1. The molecule has 0 fully saturated rings. The zero-order chi connectivity index (χ0) is 18.0. The van der Waals surface area contributed by atoms with E-state index in [9.17, 15) is 9.18 Å². The highest BCUT2D eigenvalue weighted by atomic mass is 35.5. The van der Waals surface area contributed by atoms with E-state index in [0.717, 1.165) is 0 Å². The van der Waals surface area contributed by atoms with Crippen molar-refractivity contribution >= 4 is 34.9 Å². The molecule has 1 N–H and O–H groups in total. The summed E-state index contributed by atoms with van der Waals surface area (Å²) in [5, 5.41) is 11.3. The summed E-state index contributed by atoms with van der Waals surface area (Å²) >= 11 is 12.1. The monoisotopic (exact) mass is 381 g/mol. The maximum atomic E-state index is 13.7. The number of carbonyl (C=O) groups is 1. The number of aromatic nitrogens is 4. The zero-order valence-corrected chi connectivity index (χ0v) is 14.7. The first-order valence-electron chi connectivity index (χ1n) is 7.48. The van der Waals surface area contributed by atoms with E-state index in [1.807, 2.05) is 6.92 Å². The Kier molecular flexibility index (Phi) is 5.06. The minimum absolute atomic E-state index is 0.169. The van der Waals surface area contributed by atoms with Gasteiger partial charge >= 0.3 is 0 Å². The van der Waals surface area contributed by atoms with Crippen LogP contribution >= 0.6 is 23.2 Å². The third kappa shape index (κ3) is 3.67. The van der Waals surface area contributed by atoms with E-state index in [1.54, 1.807) is 18.2 Å². The van der Waals surface area contributed by atoms with Crippen LogP contribution in [0.2, 0.25) is 10.0 Å². The van der Waals surface area contributed by atoms with Crippen LogP contribution in [-0.4, -0.2) is 25.5 Å². The summed E-state index contributed by atoms with van der Waals surface area (Å²) < 4.78 is 16.7. The molecular formula is C16H14Cl2FN5O. The topological polar surface area (TPSA) is 64.7 Å². The van der Waals surface area contributed by atoms with E-state index in [2.05, 4.69) is 15.5 Å². The van der Waals surface area contributed by atoms with Crippen molar-refractivity contribution in [1.82, 2.24) is 19.6 Å². The summed E-state index contributed by atoms with van der Waals surface area (Å²) in [6.45, 7) is 2.52. The molecule has 0 aliphatic rings. The van der Waals surface area contributed by atoms with E-state index in [4.69, 9.17) is 23.2 Å². The first kappa shape index (κ1) is 17.4. The number of aryl methyl sites for hydroxylation is 1. The molecule has 1 aromatic carbocycles. The Labute approximate surface area is 153 Å². The highest BCUT2D eigenvalue weighted by molar-refractivity contribution is 6.35. The summed E-state index contributed by atoms with van der Waals surface area (Å²) in [7, 11) is 0. The van der Waals surface area contributed by atoms with Crippen LogP contribution in [0.15, 0.2) is 36.7 Å². The Bertz CT molecular complexity index is 921. The predicted molar refractivity (Wildman–Crippen MR) is 93.6 cm³/mol. The Morgan fingerprint density at radius 3 is 2.76 bits per heavy atom. The van der Waals surface area contributed by atoms with Gasteiger partial charge in [0, 0.05) is 18.3 Å². The predicted octanol–water partition coefficient (Wildman–Crippen LogP) is 3.85. The van der Waals surface area contributed by atoms with Gasteiger partial charge in [0.25, 0.3) is 5.91 Å². The van der Waals surface area contributed by atoms with E-state index < -0.39 is 5.91 Å². The highest BCUT2D eigenvalue weighted by Crippen LogP contribution is 2.23. The number of halogens is 3. The summed E-state index contributed by atoms with van der Waals surface area (Å²) in [5.74, 6) is -0.636. The van der Waals surface area contributed by atoms with Gasteiger partial charge < -0.3 is 5.32 Å². The molecule has 3 aromatic rings. The van der Waals surface area contributed by atoms with Crippen LogP contribution in [0.3, 0.4) is 0 Å². The van der Waals surface area contributed by atoms with Gasteiger partial charge in [0.2, 0.25) is 0 Å². The van der Waals surface area contributed by atoms with Crippen molar-refractivity contribution in [2.75, 3.05) is 5.32 Å². The highest BCUT2D eigenvalue weighted by Gasteiger charge is 2.19. The molecule has 0 aliphatic heterocycles. The van der Waals surface area contributed by atoms with Crippen LogP contribution in [0.4, 0.5) is 10.2 Å². The maximum Gasteiger partial charge on any atom is 0.276 e. The van der Waals surface area contributed by atoms with Gasteiger partial charge in [-0.15, -0.1) is 0 Å². The van der Waals surface area contributed by atoms with Gasteiger partial charge in [-0.05, 0) is 13.0 Å². The van der Waals surface area contributed by atoms with Gasteiger partial charge in [0.05, 0.1) is 17.8 Å². The number of nitrogens with one attached hydrogen (secondary N) is 1. The van der Waals surface area contributed by atoms with Crippen LogP contribution in [0.5, 0.6) is 0 Å². The van der Waals surface area contributed by atoms with Gasteiger partial charge in [-0.2, -0.15) is 10.2 Å². The molecule has 25 heavy (non-hydrogen) atoms. The minimum atomic E-state index is -0.470. The summed E-state index contributed by atoms with van der Waals surface area (Å²) in [6.07, 6.45) is 2.92. The molecule has 6 nitrogen and oxygen atoms in total. The lowest BCUT2D eigenvalue weighted by Gasteiger charge is -2.06.